The Hall–Kier alpha value is -2.46. The Morgan fingerprint density at radius 3 is 2.64 bits per heavy atom. The van der Waals surface area contributed by atoms with E-state index in [1.54, 1.807) is 0 Å². The largest absolute Gasteiger partial charge is 0.373 e. The van der Waals surface area contributed by atoms with Crippen molar-refractivity contribution in [3.63, 3.8) is 0 Å². The lowest BCUT2D eigenvalue weighted by Gasteiger charge is -2.26. The summed E-state index contributed by atoms with van der Waals surface area (Å²) in [4.78, 5) is 11.4. The van der Waals surface area contributed by atoms with E-state index in [1.165, 1.54) is 54.4 Å². The number of fused-ring (bicyclic) bond motifs is 1. The highest BCUT2D eigenvalue weighted by atomic mass is 15.1. The molecule has 3 aromatic rings. The lowest BCUT2D eigenvalue weighted by Crippen LogP contribution is -2.29. The fourth-order valence-electron chi connectivity index (χ4n) is 3.56. The maximum absolute atomic E-state index is 4.49. The zero-order chi connectivity index (χ0) is 17.1. The van der Waals surface area contributed by atoms with Crippen molar-refractivity contribution in [2.45, 2.75) is 25.8 Å². The number of hydrogen-bond donors (Lipinski definition) is 1. The summed E-state index contributed by atoms with van der Waals surface area (Å²) in [5, 5.41) is 5.45. The molecule has 4 nitrogen and oxygen atoms in total. The summed E-state index contributed by atoms with van der Waals surface area (Å²) in [6, 6.07) is 10.9. The second kappa shape index (κ2) is 7.19. The summed E-state index contributed by atoms with van der Waals surface area (Å²) in [5.74, 6) is 0.890. The number of piperidine rings is 1. The summed E-state index contributed by atoms with van der Waals surface area (Å²) in [6.45, 7) is 3.42. The SMILES string of the molecule is CNc1cc2cc(-c3cncc(CN4CCCCC4)c3)ccc2cn1. The van der Waals surface area contributed by atoms with E-state index < -0.39 is 0 Å². The molecular weight excluding hydrogens is 308 g/mol. The van der Waals surface area contributed by atoms with Crippen molar-refractivity contribution in [2.24, 2.45) is 0 Å². The smallest absolute Gasteiger partial charge is 0.126 e. The minimum Gasteiger partial charge on any atom is -0.373 e. The number of likely N-dealkylation sites (tertiary alicyclic amines) is 1. The van der Waals surface area contributed by atoms with Gasteiger partial charge >= 0.3 is 0 Å². The van der Waals surface area contributed by atoms with Crippen molar-refractivity contribution in [3.05, 3.63) is 54.5 Å². The van der Waals surface area contributed by atoms with E-state index in [-0.39, 0.29) is 0 Å². The van der Waals surface area contributed by atoms with Gasteiger partial charge in [-0.15, -0.1) is 0 Å². The third-order valence-electron chi connectivity index (χ3n) is 4.96. The monoisotopic (exact) mass is 332 g/mol. The van der Waals surface area contributed by atoms with Crippen LogP contribution in [0.4, 0.5) is 5.82 Å². The molecule has 0 amide bonds. The molecule has 1 aliphatic heterocycles. The van der Waals surface area contributed by atoms with Gasteiger partial charge < -0.3 is 5.32 Å². The van der Waals surface area contributed by atoms with Gasteiger partial charge in [-0.3, -0.25) is 9.88 Å². The van der Waals surface area contributed by atoms with Crippen LogP contribution in [0.1, 0.15) is 24.8 Å². The van der Waals surface area contributed by atoms with Crippen LogP contribution in [-0.2, 0) is 6.54 Å². The number of nitrogens with zero attached hydrogens (tertiary/aromatic N) is 3. The minimum atomic E-state index is 0.890. The van der Waals surface area contributed by atoms with Crippen LogP contribution in [0.15, 0.2) is 48.9 Å². The van der Waals surface area contributed by atoms with E-state index in [1.807, 2.05) is 25.6 Å². The molecule has 3 heterocycles. The van der Waals surface area contributed by atoms with Gasteiger partial charge in [0.15, 0.2) is 0 Å². The number of nitrogens with one attached hydrogen (secondary N) is 1. The normalized spacial score (nSPS) is 15.4. The molecule has 1 aliphatic rings. The Balaban J connectivity index is 1.62. The van der Waals surface area contributed by atoms with Crippen molar-refractivity contribution in [1.82, 2.24) is 14.9 Å². The van der Waals surface area contributed by atoms with E-state index in [0.717, 1.165) is 17.7 Å². The molecule has 1 saturated heterocycles. The van der Waals surface area contributed by atoms with Crippen molar-refractivity contribution >= 4 is 16.6 Å². The van der Waals surface area contributed by atoms with Crippen LogP contribution in [0.3, 0.4) is 0 Å². The molecule has 1 aromatic carbocycles. The molecule has 0 spiro atoms. The van der Waals surface area contributed by atoms with Crippen LogP contribution in [0.5, 0.6) is 0 Å². The summed E-state index contributed by atoms with van der Waals surface area (Å²) in [7, 11) is 1.89. The van der Waals surface area contributed by atoms with E-state index in [2.05, 4.69) is 50.5 Å². The van der Waals surface area contributed by atoms with Gasteiger partial charge in [-0.25, -0.2) is 4.98 Å². The van der Waals surface area contributed by atoms with Gasteiger partial charge in [0.1, 0.15) is 5.82 Å². The fourth-order valence-corrected chi connectivity index (χ4v) is 3.56. The predicted octanol–water partition coefficient (Wildman–Crippen LogP) is 4.32. The number of pyridine rings is 2. The standard InChI is InChI=1S/C21H24N4/c1-22-21-11-19-10-17(5-6-18(19)14-24-21)20-9-16(12-23-13-20)15-25-7-3-2-4-8-25/h5-6,9-14H,2-4,7-8,15H2,1H3,(H,22,24). The number of anilines is 1. The van der Waals surface area contributed by atoms with E-state index in [9.17, 15) is 0 Å². The minimum absolute atomic E-state index is 0.890. The molecule has 0 radical (unpaired) electrons. The molecule has 0 aliphatic carbocycles. The summed E-state index contributed by atoms with van der Waals surface area (Å²) in [5.41, 5.74) is 3.68. The number of aromatic nitrogens is 2. The molecule has 4 rings (SSSR count). The number of rotatable bonds is 4. The summed E-state index contributed by atoms with van der Waals surface area (Å²) in [6.07, 6.45) is 9.88. The van der Waals surface area contributed by atoms with Crippen molar-refractivity contribution in [1.29, 1.82) is 0 Å². The first kappa shape index (κ1) is 16.0. The maximum atomic E-state index is 4.49. The van der Waals surface area contributed by atoms with Crippen LogP contribution >= 0.6 is 0 Å². The highest BCUT2D eigenvalue weighted by molar-refractivity contribution is 5.88. The van der Waals surface area contributed by atoms with Crippen LogP contribution in [0.25, 0.3) is 21.9 Å². The first-order chi connectivity index (χ1) is 12.3. The summed E-state index contributed by atoms with van der Waals surface area (Å²) >= 11 is 0. The van der Waals surface area contributed by atoms with Gasteiger partial charge in [-0.2, -0.15) is 0 Å². The average molecular weight is 332 g/mol. The Labute approximate surface area is 148 Å². The van der Waals surface area contributed by atoms with Crippen molar-refractivity contribution < 1.29 is 0 Å². The highest BCUT2D eigenvalue weighted by Crippen LogP contribution is 2.26. The topological polar surface area (TPSA) is 41.1 Å². The van der Waals surface area contributed by atoms with E-state index >= 15 is 0 Å². The third-order valence-corrected chi connectivity index (χ3v) is 4.96. The van der Waals surface area contributed by atoms with Crippen LogP contribution in [-0.4, -0.2) is 35.0 Å². The Morgan fingerprint density at radius 1 is 0.920 bits per heavy atom. The fraction of sp³-hybridized carbons (Fsp3) is 0.333. The molecule has 0 bridgehead atoms. The zero-order valence-corrected chi connectivity index (χ0v) is 14.7. The predicted molar refractivity (Wildman–Crippen MR) is 104 cm³/mol. The van der Waals surface area contributed by atoms with Gasteiger partial charge in [0.05, 0.1) is 0 Å². The first-order valence-electron chi connectivity index (χ1n) is 9.06. The van der Waals surface area contributed by atoms with Crippen molar-refractivity contribution in [2.75, 3.05) is 25.5 Å². The highest BCUT2D eigenvalue weighted by Gasteiger charge is 2.11. The number of hydrogen-bond acceptors (Lipinski definition) is 4. The van der Waals surface area contributed by atoms with Gasteiger partial charge in [0.25, 0.3) is 0 Å². The third kappa shape index (κ3) is 3.64. The zero-order valence-electron chi connectivity index (χ0n) is 14.7. The van der Waals surface area contributed by atoms with Gasteiger partial charge in [0.2, 0.25) is 0 Å². The first-order valence-corrected chi connectivity index (χ1v) is 9.06. The lowest BCUT2D eigenvalue weighted by atomic mass is 10.0. The number of benzene rings is 1. The van der Waals surface area contributed by atoms with Gasteiger partial charge in [0, 0.05) is 43.1 Å². The van der Waals surface area contributed by atoms with E-state index in [4.69, 9.17) is 0 Å². The molecule has 128 valence electrons. The summed E-state index contributed by atoms with van der Waals surface area (Å²) < 4.78 is 0. The molecule has 1 N–H and O–H groups in total. The van der Waals surface area contributed by atoms with Crippen LogP contribution < -0.4 is 5.32 Å². The van der Waals surface area contributed by atoms with Gasteiger partial charge in [-0.1, -0.05) is 18.6 Å². The molecular formula is C21H24N4. The Morgan fingerprint density at radius 2 is 1.80 bits per heavy atom. The quantitative estimate of drug-likeness (QED) is 0.772. The van der Waals surface area contributed by atoms with E-state index in [0.29, 0.717) is 0 Å². The molecule has 0 unspecified atom stereocenters. The Kier molecular flexibility index (Phi) is 4.61. The second-order valence-corrected chi connectivity index (χ2v) is 6.80. The molecule has 25 heavy (non-hydrogen) atoms. The van der Waals surface area contributed by atoms with Crippen LogP contribution in [0, 0.1) is 0 Å². The molecule has 4 heteroatoms. The molecule has 0 saturated carbocycles. The average Bonchev–Trinajstić information content (AvgIpc) is 2.68. The molecule has 1 fully saturated rings. The molecule has 0 atom stereocenters. The van der Waals surface area contributed by atoms with Crippen LogP contribution in [0.2, 0.25) is 0 Å². The maximum Gasteiger partial charge on any atom is 0.126 e. The molecule has 2 aromatic heterocycles. The Bertz CT molecular complexity index is 869. The van der Waals surface area contributed by atoms with Crippen molar-refractivity contribution in [3.8, 4) is 11.1 Å². The lowest BCUT2D eigenvalue weighted by molar-refractivity contribution is 0.220. The van der Waals surface area contributed by atoms with Gasteiger partial charge in [-0.05, 0) is 60.6 Å². The second-order valence-electron chi connectivity index (χ2n) is 6.80.